The molecule has 1 amide bonds. The molecule has 25 heavy (non-hydrogen) atoms. The first-order valence-corrected chi connectivity index (χ1v) is 11.6. The minimum absolute atomic E-state index is 0.110. The lowest BCUT2D eigenvalue weighted by atomic mass is 10.0. The van der Waals surface area contributed by atoms with Crippen molar-refractivity contribution in [2.75, 3.05) is 26.2 Å². The molecule has 2 unspecified atom stereocenters. The lowest BCUT2D eigenvalue weighted by Crippen LogP contribution is -2.53. The Bertz CT molecular complexity index is 593. The Labute approximate surface area is 151 Å². The summed E-state index contributed by atoms with van der Waals surface area (Å²) in [5.74, 6) is 0.345. The van der Waals surface area contributed by atoms with Crippen molar-refractivity contribution >= 4 is 15.9 Å². The Morgan fingerprint density at radius 3 is 2.36 bits per heavy atom. The first-order valence-electron chi connectivity index (χ1n) is 10.1. The highest BCUT2D eigenvalue weighted by atomic mass is 32.2. The fraction of sp³-hybridized carbons (Fsp3) is 0.944. The van der Waals surface area contributed by atoms with E-state index in [9.17, 15) is 13.2 Å². The molecule has 4 aliphatic rings. The molecule has 0 spiro atoms. The number of nitrogens with zero attached hydrogens (tertiary/aromatic N) is 2. The third-order valence-corrected chi connectivity index (χ3v) is 8.82. The van der Waals surface area contributed by atoms with E-state index in [0.717, 1.165) is 71.0 Å². The van der Waals surface area contributed by atoms with Crippen LogP contribution in [0.3, 0.4) is 0 Å². The van der Waals surface area contributed by atoms with Gasteiger partial charge in [-0.1, -0.05) is 12.8 Å². The van der Waals surface area contributed by atoms with E-state index in [1.54, 1.807) is 0 Å². The van der Waals surface area contributed by atoms with Gasteiger partial charge in [-0.05, 0) is 51.5 Å². The maximum atomic E-state index is 13.4. The number of carbonyl (C=O) groups excluding carboxylic acids is 1. The average molecular weight is 370 g/mol. The van der Waals surface area contributed by atoms with Gasteiger partial charge < -0.3 is 10.2 Å². The number of hydrogen-bond donors (Lipinski definition) is 1. The highest BCUT2D eigenvalue weighted by Gasteiger charge is 2.47. The highest BCUT2D eigenvalue weighted by molar-refractivity contribution is 7.89. The molecular formula is C18H31N3O3S. The molecule has 0 radical (unpaired) electrons. The average Bonchev–Trinajstić information content (AvgIpc) is 3.07. The number of piperidine rings is 1. The summed E-state index contributed by atoms with van der Waals surface area (Å²) in [6, 6.07) is 0.314. The van der Waals surface area contributed by atoms with Crippen LogP contribution in [0.25, 0.3) is 0 Å². The zero-order valence-corrected chi connectivity index (χ0v) is 15.8. The van der Waals surface area contributed by atoms with E-state index in [4.69, 9.17) is 0 Å². The number of hydrogen-bond acceptors (Lipinski definition) is 4. The van der Waals surface area contributed by atoms with Crippen LogP contribution in [0.4, 0.5) is 0 Å². The molecular weight excluding hydrogens is 338 g/mol. The summed E-state index contributed by atoms with van der Waals surface area (Å²) in [4.78, 5) is 14.6. The quantitative estimate of drug-likeness (QED) is 0.794. The van der Waals surface area contributed by atoms with Crippen LogP contribution in [0.15, 0.2) is 0 Å². The van der Waals surface area contributed by atoms with Crippen molar-refractivity contribution in [3.05, 3.63) is 0 Å². The summed E-state index contributed by atoms with van der Waals surface area (Å²) in [5.41, 5.74) is 0. The number of sulfonamides is 1. The molecule has 0 aromatic rings. The molecule has 142 valence electrons. The molecule has 2 saturated heterocycles. The van der Waals surface area contributed by atoms with Crippen LogP contribution in [-0.2, 0) is 14.8 Å². The Balaban J connectivity index is 1.47. The molecule has 1 N–H and O–H groups in total. The summed E-state index contributed by atoms with van der Waals surface area (Å²) < 4.78 is 28.6. The standard InChI is InChI=1S/C18H31N3O3S/c22-18(14-4-1-2-5-14)20-11-3-6-17(13-20)25(23,24)21(15-7-8-15)16-9-10-19-12-16/h14-17,19H,1-13H2. The Hall–Kier alpha value is -0.660. The maximum Gasteiger partial charge on any atom is 0.225 e. The molecule has 6 nitrogen and oxygen atoms in total. The molecule has 0 bridgehead atoms. The van der Waals surface area contributed by atoms with Gasteiger partial charge in [0, 0.05) is 37.6 Å². The van der Waals surface area contributed by atoms with Crippen LogP contribution < -0.4 is 5.32 Å². The van der Waals surface area contributed by atoms with E-state index < -0.39 is 15.3 Å². The topological polar surface area (TPSA) is 69.7 Å². The van der Waals surface area contributed by atoms with E-state index in [0.29, 0.717) is 13.0 Å². The zero-order chi connectivity index (χ0) is 17.4. The Morgan fingerprint density at radius 1 is 0.960 bits per heavy atom. The van der Waals surface area contributed by atoms with Gasteiger partial charge in [0.1, 0.15) is 0 Å². The smallest absolute Gasteiger partial charge is 0.225 e. The van der Waals surface area contributed by atoms with Crippen LogP contribution in [-0.4, -0.2) is 67.0 Å². The first-order chi connectivity index (χ1) is 12.1. The van der Waals surface area contributed by atoms with Crippen molar-refractivity contribution in [2.45, 2.75) is 75.1 Å². The SMILES string of the molecule is O=C(C1CCCC1)N1CCCC(S(=O)(=O)N(C2CC2)C2CCNC2)C1. The summed E-state index contributed by atoms with van der Waals surface area (Å²) >= 11 is 0. The number of carbonyl (C=O) groups is 1. The lowest BCUT2D eigenvalue weighted by molar-refractivity contribution is -0.136. The number of rotatable bonds is 5. The van der Waals surface area contributed by atoms with Crippen molar-refractivity contribution in [1.82, 2.24) is 14.5 Å². The van der Waals surface area contributed by atoms with Gasteiger partial charge in [0.15, 0.2) is 0 Å². The van der Waals surface area contributed by atoms with Crippen molar-refractivity contribution in [3.8, 4) is 0 Å². The van der Waals surface area contributed by atoms with Gasteiger partial charge in [-0.2, -0.15) is 4.31 Å². The second-order valence-corrected chi connectivity index (χ2v) is 10.4. The fourth-order valence-electron chi connectivity index (χ4n) is 4.88. The largest absolute Gasteiger partial charge is 0.341 e. The van der Waals surface area contributed by atoms with Crippen LogP contribution in [0, 0.1) is 5.92 Å². The van der Waals surface area contributed by atoms with Gasteiger partial charge in [-0.3, -0.25) is 4.79 Å². The Kier molecular flexibility index (Phi) is 5.08. The molecule has 2 heterocycles. The van der Waals surface area contributed by atoms with Crippen molar-refractivity contribution in [3.63, 3.8) is 0 Å². The van der Waals surface area contributed by atoms with E-state index >= 15 is 0 Å². The molecule has 0 aromatic carbocycles. The Morgan fingerprint density at radius 2 is 1.72 bits per heavy atom. The van der Waals surface area contributed by atoms with Gasteiger partial charge in [-0.25, -0.2) is 8.42 Å². The van der Waals surface area contributed by atoms with Crippen LogP contribution in [0.1, 0.15) is 57.8 Å². The predicted molar refractivity (Wildman–Crippen MR) is 96.6 cm³/mol. The number of amides is 1. The van der Waals surface area contributed by atoms with Crippen LogP contribution in [0.5, 0.6) is 0 Å². The van der Waals surface area contributed by atoms with Crippen molar-refractivity contribution in [1.29, 1.82) is 0 Å². The van der Waals surface area contributed by atoms with Gasteiger partial charge in [0.2, 0.25) is 15.9 Å². The van der Waals surface area contributed by atoms with E-state index in [1.807, 2.05) is 9.21 Å². The minimum Gasteiger partial charge on any atom is -0.341 e. The summed E-state index contributed by atoms with van der Waals surface area (Å²) in [6.45, 7) is 2.81. The van der Waals surface area contributed by atoms with Crippen molar-refractivity contribution < 1.29 is 13.2 Å². The highest BCUT2D eigenvalue weighted by Crippen LogP contribution is 2.36. The second kappa shape index (κ2) is 7.16. The van der Waals surface area contributed by atoms with Gasteiger partial charge in [-0.15, -0.1) is 0 Å². The normalized spacial score (nSPS) is 31.8. The number of likely N-dealkylation sites (tertiary alicyclic amines) is 1. The molecule has 2 aliphatic carbocycles. The van der Waals surface area contributed by atoms with Gasteiger partial charge in [0.25, 0.3) is 0 Å². The molecule has 2 aliphatic heterocycles. The van der Waals surface area contributed by atoms with E-state index in [2.05, 4.69) is 5.32 Å². The van der Waals surface area contributed by atoms with Crippen LogP contribution >= 0.6 is 0 Å². The van der Waals surface area contributed by atoms with Gasteiger partial charge >= 0.3 is 0 Å². The molecule has 2 atom stereocenters. The monoisotopic (exact) mass is 369 g/mol. The minimum atomic E-state index is -3.33. The van der Waals surface area contributed by atoms with Crippen LogP contribution in [0.2, 0.25) is 0 Å². The molecule has 2 saturated carbocycles. The molecule has 0 aromatic heterocycles. The molecule has 4 rings (SSSR count). The zero-order valence-electron chi connectivity index (χ0n) is 15.0. The second-order valence-electron chi connectivity index (χ2n) is 8.28. The summed E-state index contributed by atoms with van der Waals surface area (Å²) in [7, 11) is -3.33. The van der Waals surface area contributed by atoms with E-state index in [-0.39, 0.29) is 23.9 Å². The first kappa shape index (κ1) is 17.7. The maximum absolute atomic E-state index is 13.4. The summed E-state index contributed by atoms with van der Waals surface area (Å²) in [6.07, 6.45) is 8.63. The number of nitrogens with one attached hydrogen (secondary N) is 1. The van der Waals surface area contributed by atoms with E-state index in [1.165, 1.54) is 0 Å². The molecule has 7 heteroatoms. The fourth-order valence-corrected chi connectivity index (χ4v) is 7.28. The molecule has 4 fully saturated rings. The third-order valence-electron chi connectivity index (χ3n) is 6.41. The van der Waals surface area contributed by atoms with Crippen molar-refractivity contribution in [2.24, 2.45) is 5.92 Å². The lowest BCUT2D eigenvalue weighted by Gasteiger charge is -2.38. The summed E-state index contributed by atoms with van der Waals surface area (Å²) in [5, 5.41) is 2.89. The third kappa shape index (κ3) is 3.60. The predicted octanol–water partition coefficient (Wildman–Crippen LogP) is 1.32. The van der Waals surface area contributed by atoms with Gasteiger partial charge in [0.05, 0.1) is 5.25 Å².